The molecule has 6 heteroatoms. The summed E-state index contributed by atoms with van der Waals surface area (Å²) in [5.74, 6) is -0.442. The molecule has 0 spiro atoms. The molecule has 0 unspecified atom stereocenters. The number of nitrogens with zero attached hydrogens (tertiary/aromatic N) is 1. The van der Waals surface area contributed by atoms with Gasteiger partial charge in [0.15, 0.2) is 5.13 Å². The van der Waals surface area contributed by atoms with E-state index in [0.717, 1.165) is 16.9 Å². The number of thiophene rings is 1. The minimum absolute atomic E-state index is 0.274. The van der Waals surface area contributed by atoms with Crippen LogP contribution in [-0.4, -0.2) is 12.1 Å². The van der Waals surface area contributed by atoms with Crippen LogP contribution in [0.3, 0.4) is 0 Å². The van der Waals surface area contributed by atoms with Crippen molar-refractivity contribution in [1.82, 2.24) is 5.43 Å². The van der Waals surface area contributed by atoms with E-state index in [9.17, 15) is 9.18 Å². The van der Waals surface area contributed by atoms with E-state index in [-0.39, 0.29) is 4.88 Å². The molecule has 0 atom stereocenters. The Morgan fingerprint density at radius 3 is 2.89 bits per heavy atom. The lowest BCUT2D eigenvalue weighted by Gasteiger charge is -1.96. The molecule has 1 aromatic heterocycles. The summed E-state index contributed by atoms with van der Waals surface area (Å²) in [5.41, 5.74) is 3.08. The van der Waals surface area contributed by atoms with Crippen molar-refractivity contribution in [3.8, 4) is 0 Å². The van der Waals surface area contributed by atoms with Crippen molar-refractivity contribution >= 4 is 35.1 Å². The Bertz CT molecular complexity index is 597. The van der Waals surface area contributed by atoms with Gasteiger partial charge in [-0.1, -0.05) is 23.7 Å². The van der Waals surface area contributed by atoms with Crippen LogP contribution >= 0.6 is 22.9 Å². The summed E-state index contributed by atoms with van der Waals surface area (Å²) < 4.78 is 12.7. The van der Waals surface area contributed by atoms with Gasteiger partial charge in [0.2, 0.25) is 0 Å². The first-order valence-corrected chi connectivity index (χ1v) is 6.19. The Hall–Kier alpha value is -1.72. The van der Waals surface area contributed by atoms with E-state index in [4.69, 9.17) is 11.6 Å². The third-order valence-electron chi connectivity index (χ3n) is 2.03. The lowest BCUT2D eigenvalue weighted by atomic mass is 10.2. The maximum atomic E-state index is 12.7. The van der Waals surface area contributed by atoms with Crippen LogP contribution in [0, 0.1) is 5.13 Å². The number of hydrogen-bond donors (Lipinski definition) is 1. The van der Waals surface area contributed by atoms with Gasteiger partial charge in [0.1, 0.15) is 0 Å². The Labute approximate surface area is 112 Å². The van der Waals surface area contributed by atoms with Crippen molar-refractivity contribution in [2.24, 2.45) is 5.10 Å². The highest BCUT2D eigenvalue weighted by Gasteiger charge is 2.07. The molecule has 0 bridgehead atoms. The molecule has 0 fully saturated rings. The molecule has 0 aliphatic rings. The normalized spacial score (nSPS) is 10.8. The highest BCUT2D eigenvalue weighted by Crippen LogP contribution is 2.13. The summed E-state index contributed by atoms with van der Waals surface area (Å²) in [6, 6.07) is 9.67. The SMILES string of the molecule is O=C(NN=Cc1cccc(Cl)c1)c1ccc(F)s1. The summed E-state index contributed by atoms with van der Waals surface area (Å²) in [6.07, 6.45) is 1.47. The number of nitrogens with one attached hydrogen (secondary N) is 1. The maximum absolute atomic E-state index is 12.7. The second-order valence-corrected chi connectivity index (χ2v) is 4.83. The first-order chi connectivity index (χ1) is 8.65. The van der Waals surface area contributed by atoms with Crippen LogP contribution in [-0.2, 0) is 0 Å². The van der Waals surface area contributed by atoms with Gasteiger partial charge in [-0.15, -0.1) is 11.3 Å². The fourth-order valence-corrected chi connectivity index (χ4v) is 2.06. The molecule has 92 valence electrons. The van der Waals surface area contributed by atoms with Gasteiger partial charge < -0.3 is 0 Å². The van der Waals surface area contributed by atoms with E-state index in [2.05, 4.69) is 10.5 Å². The van der Waals surface area contributed by atoms with Crippen LogP contribution in [0.4, 0.5) is 4.39 Å². The Kier molecular flexibility index (Phi) is 4.07. The van der Waals surface area contributed by atoms with Gasteiger partial charge in [-0.05, 0) is 29.8 Å². The van der Waals surface area contributed by atoms with Crippen LogP contribution in [0.25, 0.3) is 0 Å². The van der Waals surface area contributed by atoms with Gasteiger partial charge in [-0.2, -0.15) is 9.49 Å². The molecular formula is C12H8ClFN2OS. The average Bonchev–Trinajstić information content (AvgIpc) is 2.76. The smallest absolute Gasteiger partial charge is 0.266 e. The molecule has 0 radical (unpaired) electrons. The Morgan fingerprint density at radius 2 is 2.22 bits per heavy atom. The molecule has 3 nitrogen and oxygen atoms in total. The van der Waals surface area contributed by atoms with Gasteiger partial charge in [-0.3, -0.25) is 4.79 Å². The van der Waals surface area contributed by atoms with Gasteiger partial charge in [0.05, 0.1) is 11.1 Å². The molecule has 1 amide bonds. The second kappa shape index (κ2) is 5.75. The lowest BCUT2D eigenvalue weighted by molar-refractivity contribution is 0.0959. The van der Waals surface area contributed by atoms with Gasteiger partial charge in [0.25, 0.3) is 5.91 Å². The molecule has 2 rings (SSSR count). The second-order valence-electron chi connectivity index (χ2n) is 3.36. The molecule has 0 aliphatic heterocycles. The third kappa shape index (κ3) is 3.38. The van der Waals surface area contributed by atoms with Crippen LogP contribution in [0.15, 0.2) is 41.5 Å². The van der Waals surface area contributed by atoms with E-state index < -0.39 is 11.0 Å². The van der Waals surface area contributed by atoms with E-state index in [0.29, 0.717) is 5.02 Å². The zero-order valence-electron chi connectivity index (χ0n) is 9.06. The van der Waals surface area contributed by atoms with E-state index >= 15 is 0 Å². The van der Waals surface area contributed by atoms with E-state index in [1.807, 2.05) is 0 Å². The summed E-state index contributed by atoms with van der Waals surface area (Å²) in [4.78, 5) is 11.8. The molecule has 0 saturated heterocycles. The number of rotatable bonds is 3. The van der Waals surface area contributed by atoms with Crippen molar-refractivity contribution in [3.05, 3.63) is 57.0 Å². The molecule has 18 heavy (non-hydrogen) atoms. The van der Waals surface area contributed by atoms with Gasteiger partial charge in [0, 0.05) is 5.02 Å². The summed E-state index contributed by atoms with van der Waals surface area (Å²) in [6.45, 7) is 0. The number of carbonyl (C=O) groups is 1. The average molecular weight is 283 g/mol. The van der Waals surface area contributed by atoms with E-state index in [1.165, 1.54) is 18.3 Å². The quantitative estimate of drug-likeness (QED) is 0.681. The summed E-state index contributed by atoms with van der Waals surface area (Å²) in [7, 11) is 0. The predicted molar refractivity (Wildman–Crippen MR) is 70.8 cm³/mol. The van der Waals surface area contributed by atoms with Gasteiger partial charge >= 0.3 is 0 Å². The molecular weight excluding hydrogens is 275 g/mol. The van der Waals surface area contributed by atoms with Crippen LogP contribution < -0.4 is 5.43 Å². The van der Waals surface area contributed by atoms with Crippen molar-refractivity contribution in [2.45, 2.75) is 0 Å². The number of carbonyl (C=O) groups excluding carboxylic acids is 1. The van der Waals surface area contributed by atoms with Crippen molar-refractivity contribution < 1.29 is 9.18 Å². The van der Waals surface area contributed by atoms with E-state index in [1.54, 1.807) is 24.3 Å². The van der Waals surface area contributed by atoms with Crippen molar-refractivity contribution in [2.75, 3.05) is 0 Å². The Balaban J connectivity index is 1.97. The summed E-state index contributed by atoms with van der Waals surface area (Å²) in [5, 5.41) is 3.95. The number of hydrazone groups is 1. The highest BCUT2D eigenvalue weighted by molar-refractivity contribution is 7.12. The highest BCUT2D eigenvalue weighted by atomic mass is 35.5. The van der Waals surface area contributed by atoms with Crippen LogP contribution in [0.2, 0.25) is 5.02 Å². The third-order valence-corrected chi connectivity index (χ3v) is 3.13. The molecule has 0 aliphatic carbocycles. The number of amides is 1. The molecule has 1 aromatic carbocycles. The molecule has 1 N–H and O–H groups in total. The number of benzene rings is 1. The predicted octanol–water partition coefficient (Wildman–Crippen LogP) is 3.30. The van der Waals surface area contributed by atoms with Crippen LogP contribution in [0.1, 0.15) is 15.2 Å². The lowest BCUT2D eigenvalue weighted by Crippen LogP contribution is -2.16. The zero-order chi connectivity index (χ0) is 13.0. The van der Waals surface area contributed by atoms with Crippen LogP contribution in [0.5, 0.6) is 0 Å². The standard InChI is InChI=1S/C12H8ClFN2OS/c13-9-3-1-2-8(6-9)7-15-16-12(17)10-4-5-11(14)18-10/h1-7H,(H,16,17). The van der Waals surface area contributed by atoms with Gasteiger partial charge in [-0.25, -0.2) is 5.43 Å². The number of halogens is 2. The topological polar surface area (TPSA) is 41.5 Å². The largest absolute Gasteiger partial charge is 0.281 e. The maximum Gasteiger partial charge on any atom is 0.281 e. The fourth-order valence-electron chi connectivity index (χ4n) is 1.24. The summed E-state index contributed by atoms with van der Waals surface area (Å²) >= 11 is 6.57. The zero-order valence-corrected chi connectivity index (χ0v) is 10.6. The Morgan fingerprint density at radius 1 is 1.39 bits per heavy atom. The monoisotopic (exact) mass is 282 g/mol. The van der Waals surface area contributed by atoms with Crippen molar-refractivity contribution in [3.63, 3.8) is 0 Å². The molecule has 2 aromatic rings. The minimum atomic E-state index is -0.442. The fraction of sp³-hybridized carbons (Fsp3) is 0. The van der Waals surface area contributed by atoms with Crippen molar-refractivity contribution in [1.29, 1.82) is 0 Å². The molecule has 0 saturated carbocycles. The first-order valence-electron chi connectivity index (χ1n) is 4.99. The molecule has 1 heterocycles. The first kappa shape index (κ1) is 12.7. The number of hydrogen-bond acceptors (Lipinski definition) is 3. The minimum Gasteiger partial charge on any atom is -0.266 e.